The van der Waals surface area contributed by atoms with E-state index in [1.165, 1.54) is 24.5 Å². The third-order valence-electron chi connectivity index (χ3n) is 6.67. The predicted octanol–water partition coefficient (Wildman–Crippen LogP) is 5.05. The Bertz CT molecular complexity index is 1760. The van der Waals surface area contributed by atoms with Crippen LogP contribution in [0.3, 0.4) is 0 Å². The second-order valence-corrected chi connectivity index (χ2v) is 9.84. The van der Waals surface area contributed by atoms with Crippen molar-refractivity contribution in [1.29, 1.82) is 0 Å². The van der Waals surface area contributed by atoms with E-state index in [1.807, 2.05) is 62.4 Å². The first kappa shape index (κ1) is 32.3. The van der Waals surface area contributed by atoms with E-state index in [2.05, 4.69) is 31.0 Å². The molecule has 0 atom stereocenters. The van der Waals surface area contributed by atoms with Crippen molar-refractivity contribution in [3.63, 3.8) is 0 Å². The zero-order valence-corrected chi connectivity index (χ0v) is 25.2. The monoisotopic (exact) mass is 641 g/mol. The summed E-state index contributed by atoms with van der Waals surface area (Å²) in [6.45, 7) is 4.01. The minimum absolute atomic E-state index is 0. The van der Waals surface area contributed by atoms with E-state index in [9.17, 15) is 19.2 Å². The van der Waals surface area contributed by atoms with Gasteiger partial charge in [-0.2, -0.15) is 10.2 Å². The van der Waals surface area contributed by atoms with Crippen LogP contribution < -0.4 is 10.9 Å². The Morgan fingerprint density at radius 3 is 1.33 bits per heavy atom. The van der Waals surface area contributed by atoms with Crippen molar-refractivity contribution >= 4 is 46.9 Å². The van der Waals surface area contributed by atoms with Crippen molar-refractivity contribution < 1.29 is 36.0 Å². The number of ketones is 2. The van der Waals surface area contributed by atoms with E-state index in [4.69, 9.17) is 0 Å². The fourth-order valence-electron chi connectivity index (χ4n) is 4.31. The Morgan fingerprint density at radius 1 is 0.600 bits per heavy atom. The number of hydrazone groups is 2. The number of fused-ring (bicyclic) bond motifs is 2. The maximum absolute atomic E-state index is 12.1. The van der Waals surface area contributed by atoms with Crippen molar-refractivity contribution in [2.24, 2.45) is 10.2 Å². The molecule has 4 aromatic rings. The molecule has 0 saturated heterocycles. The molecule has 11 heteroatoms. The van der Waals surface area contributed by atoms with Crippen molar-refractivity contribution in [2.75, 3.05) is 10.9 Å². The number of carbonyl (C=O) groups is 4. The van der Waals surface area contributed by atoms with E-state index >= 15 is 0 Å². The first-order chi connectivity index (χ1) is 21.4. The normalized spacial score (nSPS) is 14.9. The third-order valence-corrected chi connectivity index (χ3v) is 6.67. The molecule has 0 fully saturated rings. The van der Waals surface area contributed by atoms with Gasteiger partial charge in [-0.25, -0.2) is 0 Å². The van der Waals surface area contributed by atoms with E-state index in [1.54, 1.807) is 24.3 Å². The number of aldehydes is 2. The summed E-state index contributed by atoms with van der Waals surface area (Å²) < 4.78 is 0. The van der Waals surface area contributed by atoms with Crippen LogP contribution in [-0.2, 0) is 26.4 Å². The SMILES string of the molecule is Cc1ccc(N/N=C2/C=C(C=O)C(=O)c3ncccc32)cc1.Cc1ccc(N/N=C2/C=C(C=O)C(=O)c3ncccc32)cc1.[Co]. The molecule has 45 heavy (non-hydrogen) atoms. The number of carbonyl (C=O) groups excluding carboxylic acids is 4. The van der Waals surface area contributed by atoms with Crippen LogP contribution in [-0.4, -0.2) is 45.5 Å². The van der Waals surface area contributed by atoms with Crippen LogP contribution in [0.25, 0.3) is 0 Å². The number of anilines is 2. The van der Waals surface area contributed by atoms with Gasteiger partial charge in [0.2, 0.25) is 11.6 Å². The van der Waals surface area contributed by atoms with Crippen LogP contribution >= 0.6 is 0 Å². The van der Waals surface area contributed by atoms with Crippen LogP contribution in [0.15, 0.2) is 119 Å². The Labute approximate surface area is 269 Å². The number of aryl methyl sites for hydroxylation is 2. The fraction of sp³-hybridized carbons (Fsp3) is 0.0588. The van der Waals surface area contributed by atoms with Gasteiger partial charge in [0.1, 0.15) is 11.4 Å². The number of hydrogen-bond donors (Lipinski definition) is 2. The Hall–Kier alpha value is -5.65. The van der Waals surface area contributed by atoms with Gasteiger partial charge in [0.05, 0.1) is 33.9 Å². The molecule has 2 aromatic carbocycles. The molecule has 6 rings (SSSR count). The molecular formula is C34H26CoN6O4. The summed E-state index contributed by atoms with van der Waals surface area (Å²) >= 11 is 0. The number of hydrogen-bond acceptors (Lipinski definition) is 10. The van der Waals surface area contributed by atoms with E-state index in [-0.39, 0.29) is 50.9 Å². The standard InChI is InChI=1S/2C17H13N3O2.Co/c2*1-11-4-6-13(7-5-11)19-20-15-9-12(10-21)17(22)16-14(15)3-2-8-18-16;/h2*2-10,19H,1H3;/b2*20-15-;. The second kappa shape index (κ2) is 14.7. The zero-order valence-electron chi connectivity index (χ0n) is 24.1. The van der Waals surface area contributed by atoms with Gasteiger partial charge in [0.15, 0.2) is 12.6 Å². The average molecular weight is 642 g/mol. The summed E-state index contributed by atoms with van der Waals surface area (Å²) in [4.78, 5) is 54.3. The number of rotatable bonds is 6. The van der Waals surface area contributed by atoms with Crippen LogP contribution in [0.4, 0.5) is 11.4 Å². The molecule has 2 aliphatic carbocycles. The van der Waals surface area contributed by atoms with Gasteiger partial charge in [0, 0.05) is 40.3 Å². The first-order valence-corrected chi connectivity index (χ1v) is 13.5. The quantitative estimate of drug-likeness (QED) is 0.169. The first-order valence-electron chi connectivity index (χ1n) is 13.5. The van der Waals surface area contributed by atoms with Crippen LogP contribution in [0.2, 0.25) is 0 Å². The number of nitrogens with one attached hydrogen (secondary N) is 2. The molecule has 0 spiro atoms. The molecule has 2 aliphatic rings. The molecule has 10 nitrogen and oxygen atoms in total. The summed E-state index contributed by atoms with van der Waals surface area (Å²) in [5, 5.41) is 8.59. The zero-order chi connectivity index (χ0) is 31.1. The predicted molar refractivity (Wildman–Crippen MR) is 168 cm³/mol. The van der Waals surface area contributed by atoms with Gasteiger partial charge in [-0.05, 0) is 74.5 Å². The van der Waals surface area contributed by atoms with Crippen molar-refractivity contribution in [3.8, 4) is 0 Å². The molecule has 2 N–H and O–H groups in total. The Morgan fingerprint density at radius 2 is 0.978 bits per heavy atom. The minimum Gasteiger partial charge on any atom is -0.298 e. The molecule has 0 aliphatic heterocycles. The van der Waals surface area contributed by atoms with Gasteiger partial charge in [-0.15, -0.1) is 0 Å². The molecule has 0 unspecified atom stereocenters. The van der Waals surface area contributed by atoms with Crippen molar-refractivity contribution in [1.82, 2.24) is 9.97 Å². The van der Waals surface area contributed by atoms with Gasteiger partial charge in [0.25, 0.3) is 0 Å². The number of aromatic nitrogens is 2. The maximum Gasteiger partial charge on any atom is 0.215 e. The smallest absolute Gasteiger partial charge is 0.215 e. The Balaban J connectivity index is 0.000000200. The molecule has 2 aromatic heterocycles. The average Bonchev–Trinajstić information content (AvgIpc) is 3.06. The second-order valence-electron chi connectivity index (χ2n) is 9.84. The largest absolute Gasteiger partial charge is 0.298 e. The topological polar surface area (TPSA) is 143 Å². The molecule has 1 radical (unpaired) electrons. The summed E-state index contributed by atoms with van der Waals surface area (Å²) in [5.74, 6) is -0.750. The van der Waals surface area contributed by atoms with Crippen molar-refractivity contribution in [2.45, 2.75) is 13.8 Å². The van der Waals surface area contributed by atoms with E-state index in [0.29, 0.717) is 35.1 Å². The number of pyridine rings is 2. The number of nitrogens with zero attached hydrogens (tertiary/aromatic N) is 4. The van der Waals surface area contributed by atoms with E-state index in [0.717, 1.165) is 22.5 Å². The van der Waals surface area contributed by atoms with Crippen LogP contribution in [0.5, 0.6) is 0 Å². The molecule has 0 saturated carbocycles. The van der Waals surface area contributed by atoms with Gasteiger partial charge in [-0.1, -0.05) is 35.4 Å². The summed E-state index contributed by atoms with van der Waals surface area (Å²) in [6.07, 6.45) is 7.05. The molecular weight excluding hydrogens is 615 g/mol. The van der Waals surface area contributed by atoms with Gasteiger partial charge < -0.3 is 0 Å². The Kier molecular flexibility index (Phi) is 10.5. The number of Topliss-reactive ketones (excluding diaryl/α,β-unsaturated/α-hetero) is 2. The summed E-state index contributed by atoms with van der Waals surface area (Å²) in [6, 6.07) is 22.5. The number of benzene rings is 2. The molecule has 0 amide bonds. The van der Waals surface area contributed by atoms with Gasteiger partial charge in [-0.3, -0.25) is 40.0 Å². The minimum atomic E-state index is -0.375. The van der Waals surface area contributed by atoms with E-state index < -0.39 is 0 Å². The molecule has 225 valence electrons. The molecule has 2 heterocycles. The third kappa shape index (κ3) is 7.47. The number of allylic oxidation sites excluding steroid dienone is 4. The fourth-order valence-corrected chi connectivity index (χ4v) is 4.31. The van der Waals surface area contributed by atoms with Crippen LogP contribution in [0, 0.1) is 13.8 Å². The summed E-state index contributed by atoms with van der Waals surface area (Å²) in [5.41, 5.74) is 12.6. The van der Waals surface area contributed by atoms with Crippen molar-refractivity contribution in [3.05, 3.63) is 142 Å². The maximum atomic E-state index is 12.1. The van der Waals surface area contributed by atoms with Gasteiger partial charge >= 0.3 is 0 Å². The van der Waals surface area contributed by atoms with Crippen LogP contribution in [0.1, 0.15) is 43.2 Å². The molecule has 0 bridgehead atoms. The summed E-state index contributed by atoms with van der Waals surface area (Å²) in [7, 11) is 0.